The molecule has 86 valence electrons. The van der Waals surface area contributed by atoms with E-state index in [0.29, 0.717) is 0 Å². The topological polar surface area (TPSA) is 25.2 Å². The van der Waals surface area contributed by atoms with Crippen LogP contribution >= 0.6 is 43.2 Å². The predicted molar refractivity (Wildman–Crippen MR) is 74.1 cm³/mol. The maximum absolute atomic E-state index is 5.65. The fraction of sp³-hybridized carbons (Fsp3) is 0.273. The van der Waals surface area contributed by atoms with Gasteiger partial charge in [0, 0.05) is 9.35 Å². The van der Waals surface area contributed by atoms with Crippen LogP contribution in [0.5, 0.6) is 0 Å². The van der Waals surface area contributed by atoms with Gasteiger partial charge >= 0.3 is 0 Å². The summed E-state index contributed by atoms with van der Waals surface area (Å²) >= 11 is 8.70. The van der Waals surface area contributed by atoms with Gasteiger partial charge in [-0.3, -0.25) is 0 Å². The maximum atomic E-state index is 5.65. The summed E-state index contributed by atoms with van der Waals surface area (Å²) in [6.45, 7) is 1.95. The van der Waals surface area contributed by atoms with Gasteiger partial charge in [0.2, 0.25) is 0 Å². The smallest absolute Gasteiger partial charge is 0.126 e. The first-order valence-corrected chi connectivity index (χ1v) is 7.20. The Morgan fingerprint density at radius 2 is 2.12 bits per heavy atom. The molecule has 0 aliphatic heterocycles. The molecule has 1 unspecified atom stereocenters. The second-order valence-electron chi connectivity index (χ2n) is 3.44. The van der Waals surface area contributed by atoms with Gasteiger partial charge in [-0.05, 0) is 64.0 Å². The van der Waals surface area contributed by atoms with E-state index in [2.05, 4.69) is 43.2 Å². The van der Waals surface area contributed by atoms with E-state index in [1.807, 2.05) is 26.1 Å². The molecule has 0 bridgehead atoms. The fourth-order valence-electron chi connectivity index (χ4n) is 1.54. The molecule has 2 heterocycles. The van der Waals surface area contributed by atoms with E-state index >= 15 is 0 Å². The Bertz CT molecular complexity index is 472. The summed E-state index contributed by atoms with van der Waals surface area (Å²) in [6, 6.07) is 6.21. The van der Waals surface area contributed by atoms with E-state index in [1.165, 1.54) is 4.88 Å². The van der Waals surface area contributed by atoms with E-state index in [0.717, 1.165) is 19.8 Å². The van der Waals surface area contributed by atoms with Gasteiger partial charge in [0.05, 0.1) is 3.79 Å². The first-order valence-electron chi connectivity index (χ1n) is 4.80. The second kappa shape index (κ2) is 5.04. The van der Waals surface area contributed by atoms with Crippen molar-refractivity contribution in [1.29, 1.82) is 0 Å². The molecule has 2 aromatic rings. The molecule has 0 aliphatic carbocycles. The van der Waals surface area contributed by atoms with Gasteiger partial charge in [-0.2, -0.15) is 0 Å². The quantitative estimate of drug-likeness (QED) is 0.868. The zero-order valence-corrected chi connectivity index (χ0v) is 12.9. The SMILES string of the molecule is CNC(c1ccc(C)o1)c1cc(Br)c(Br)s1. The molecular weight excluding hydrogens is 354 g/mol. The van der Waals surface area contributed by atoms with Gasteiger partial charge in [0.15, 0.2) is 0 Å². The van der Waals surface area contributed by atoms with Crippen molar-refractivity contribution in [2.45, 2.75) is 13.0 Å². The van der Waals surface area contributed by atoms with Crippen molar-refractivity contribution in [3.05, 3.63) is 42.9 Å². The van der Waals surface area contributed by atoms with Crippen LogP contribution < -0.4 is 5.32 Å². The summed E-state index contributed by atoms with van der Waals surface area (Å²) in [5, 5.41) is 3.26. The summed E-state index contributed by atoms with van der Waals surface area (Å²) in [4.78, 5) is 1.22. The van der Waals surface area contributed by atoms with Crippen LogP contribution in [0.3, 0.4) is 0 Å². The van der Waals surface area contributed by atoms with Crippen LogP contribution in [0.2, 0.25) is 0 Å². The Kier molecular flexibility index (Phi) is 3.89. The zero-order valence-electron chi connectivity index (χ0n) is 8.88. The highest BCUT2D eigenvalue weighted by molar-refractivity contribution is 9.13. The van der Waals surface area contributed by atoms with Crippen LogP contribution in [-0.2, 0) is 0 Å². The lowest BCUT2D eigenvalue weighted by Crippen LogP contribution is -2.15. The summed E-state index contributed by atoms with van der Waals surface area (Å²) in [5.41, 5.74) is 0. The minimum atomic E-state index is 0.112. The number of aryl methyl sites for hydroxylation is 1. The third-order valence-electron chi connectivity index (χ3n) is 2.28. The molecule has 0 spiro atoms. The Balaban J connectivity index is 2.36. The normalized spacial score (nSPS) is 13.0. The lowest BCUT2D eigenvalue weighted by Gasteiger charge is -2.11. The van der Waals surface area contributed by atoms with E-state index in [-0.39, 0.29) is 6.04 Å². The molecule has 5 heteroatoms. The number of rotatable bonds is 3. The third kappa shape index (κ3) is 2.42. The van der Waals surface area contributed by atoms with Crippen LogP contribution in [0.15, 0.2) is 30.9 Å². The van der Waals surface area contributed by atoms with E-state index < -0.39 is 0 Å². The molecule has 16 heavy (non-hydrogen) atoms. The third-order valence-corrected chi connectivity index (χ3v) is 5.60. The van der Waals surface area contributed by atoms with Crippen LogP contribution in [-0.4, -0.2) is 7.05 Å². The summed E-state index contributed by atoms with van der Waals surface area (Å²) in [7, 11) is 1.93. The largest absolute Gasteiger partial charge is 0.464 e. The molecule has 0 aliphatic rings. The van der Waals surface area contributed by atoms with Crippen molar-refractivity contribution in [2.75, 3.05) is 7.05 Å². The summed E-state index contributed by atoms with van der Waals surface area (Å²) in [5.74, 6) is 1.88. The first-order chi connectivity index (χ1) is 7.61. The van der Waals surface area contributed by atoms with Crippen molar-refractivity contribution in [1.82, 2.24) is 5.32 Å². The maximum Gasteiger partial charge on any atom is 0.126 e. The Morgan fingerprint density at radius 3 is 2.56 bits per heavy atom. The average Bonchev–Trinajstić information content (AvgIpc) is 2.77. The van der Waals surface area contributed by atoms with Gasteiger partial charge in [0.1, 0.15) is 17.6 Å². The molecule has 0 saturated heterocycles. The molecule has 2 aromatic heterocycles. The standard InChI is InChI=1S/C11H11Br2NOS/c1-6-3-4-8(15-6)10(14-2)9-5-7(12)11(13)16-9/h3-5,10,14H,1-2H3. The number of hydrogen-bond acceptors (Lipinski definition) is 3. The molecule has 0 aromatic carbocycles. The minimum Gasteiger partial charge on any atom is -0.464 e. The van der Waals surface area contributed by atoms with Gasteiger partial charge in [-0.1, -0.05) is 0 Å². The van der Waals surface area contributed by atoms with Crippen LogP contribution in [0.4, 0.5) is 0 Å². The Labute approximate surface area is 115 Å². The number of hydrogen-bond donors (Lipinski definition) is 1. The van der Waals surface area contributed by atoms with Gasteiger partial charge in [-0.15, -0.1) is 11.3 Å². The summed E-state index contributed by atoms with van der Waals surface area (Å²) < 4.78 is 7.84. The van der Waals surface area contributed by atoms with Crippen LogP contribution in [0.1, 0.15) is 22.4 Å². The molecule has 2 rings (SSSR count). The molecule has 1 N–H and O–H groups in total. The number of nitrogens with one attached hydrogen (secondary N) is 1. The first kappa shape index (κ1) is 12.4. The molecule has 1 atom stereocenters. The Hall–Kier alpha value is -0.1000. The number of furan rings is 1. The van der Waals surface area contributed by atoms with Crippen LogP contribution in [0.25, 0.3) is 0 Å². The zero-order chi connectivity index (χ0) is 11.7. The predicted octanol–water partition coefficient (Wildman–Crippen LogP) is 4.48. The highest BCUT2D eigenvalue weighted by atomic mass is 79.9. The molecule has 0 radical (unpaired) electrons. The highest BCUT2D eigenvalue weighted by Gasteiger charge is 2.18. The molecule has 0 amide bonds. The highest BCUT2D eigenvalue weighted by Crippen LogP contribution is 2.37. The molecule has 0 saturated carbocycles. The fourth-order valence-corrected chi connectivity index (χ4v) is 3.75. The van der Waals surface area contributed by atoms with Crippen molar-refractivity contribution < 1.29 is 4.42 Å². The van der Waals surface area contributed by atoms with Crippen molar-refractivity contribution >= 4 is 43.2 Å². The molecule has 2 nitrogen and oxygen atoms in total. The van der Waals surface area contributed by atoms with Gasteiger partial charge in [0.25, 0.3) is 0 Å². The minimum absolute atomic E-state index is 0.112. The molecule has 0 fully saturated rings. The van der Waals surface area contributed by atoms with Crippen molar-refractivity contribution in [3.8, 4) is 0 Å². The lowest BCUT2D eigenvalue weighted by atomic mass is 10.2. The number of thiophene rings is 1. The number of halogens is 2. The van der Waals surface area contributed by atoms with E-state index in [1.54, 1.807) is 11.3 Å². The van der Waals surface area contributed by atoms with E-state index in [9.17, 15) is 0 Å². The van der Waals surface area contributed by atoms with Crippen LogP contribution in [0, 0.1) is 6.92 Å². The monoisotopic (exact) mass is 363 g/mol. The van der Waals surface area contributed by atoms with Crippen molar-refractivity contribution in [2.24, 2.45) is 0 Å². The van der Waals surface area contributed by atoms with Gasteiger partial charge in [-0.25, -0.2) is 0 Å². The lowest BCUT2D eigenvalue weighted by molar-refractivity contribution is 0.446. The van der Waals surface area contributed by atoms with Gasteiger partial charge < -0.3 is 9.73 Å². The average molecular weight is 365 g/mol. The summed E-state index contributed by atoms with van der Waals surface area (Å²) in [6.07, 6.45) is 0. The second-order valence-corrected chi connectivity index (χ2v) is 6.70. The molecular formula is C11H11Br2NOS. The van der Waals surface area contributed by atoms with E-state index in [4.69, 9.17) is 4.42 Å². The Morgan fingerprint density at radius 1 is 1.38 bits per heavy atom. The van der Waals surface area contributed by atoms with Crippen molar-refractivity contribution in [3.63, 3.8) is 0 Å².